The predicted molar refractivity (Wildman–Crippen MR) is 175 cm³/mol. The van der Waals surface area contributed by atoms with Crippen LogP contribution in [0.4, 0.5) is 33.6 Å². The Bertz CT molecular complexity index is 1730. The van der Waals surface area contributed by atoms with Gasteiger partial charge >= 0.3 is 12.1 Å². The number of nitrogens with zero attached hydrogens (tertiary/aromatic N) is 6. The fraction of sp³-hybridized carbons (Fsp3) is 0.406. The fourth-order valence-corrected chi connectivity index (χ4v) is 6.25. The number of ether oxygens (including phenoxy) is 1. The Labute approximate surface area is 283 Å². The zero-order chi connectivity index (χ0) is 34.8. The van der Waals surface area contributed by atoms with Crippen molar-refractivity contribution >= 4 is 34.6 Å². The summed E-state index contributed by atoms with van der Waals surface area (Å²) in [5.74, 6) is -7.04. The van der Waals surface area contributed by atoms with Crippen molar-refractivity contribution in [2.45, 2.75) is 43.7 Å². The number of alkyl halides is 5. The van der Waals surface area contributed by atoms with E-state index in [1.807, 2.05) is 25.8 Å². The van der Waals surface area contributed by atoms with E-state index in [2.05, 4.69) is 24.7 Å². The molecule has 0 amide bonds. The molecule has 258 valence electrons. The molecule has 0 aliphatic carbocycles. The molecule has 2 aromatic heterocycles. The number of aryl methyl sites for hydroxylation is 2. The molecule has 2 aromatic carbocycles. The van der Waals surface area contributed by atoms with Crippen molar-refractivity contribution < 1.29 is 31.2 Å². The van der Waals surface area contributed by atoms with Crippen molar-refractivity contribution in [1.29, 1.82) is 0 Å². The van der Waals surface area contributed by atoms with Gasteiger partial charge in [-0.2, -0.15) is 36.8 Å². The third-order valence-electron chi connectivity index (χ3n) is 7.88. The topological polar surface area (TPSA) is 94.4 Å². The lowest BCUT2D eigenvalue weighted by atomic mass is 9.93. The maximum atomic E-state index is 15.8. The van der Waals surface area contributed by atoms with Crippen LogP contribution in [0.5, 0.6) is 11.6 Å². The number of benzene rings is 2. The van der Waals surface area contributed by atoms with Gasteiger partial charge in [-0.3, -0.25) is 4.68 Å². The Balaban J connectivity index is 1.71. The highest BCUT2D eigenvalue weighted by molar-refractivity contribution is 7.92. The number of rotatable bonds is 11. The molecule has 1 saturated heterocycles. The van der Waals surface area contributed by atoms with Crippen LogP contribution in [0.15, 0.2) is 59.8 Å². The highest BCUT2D eigenvalue weighted by Crippen LogP contribution is 2.52. The lowest BCUT2D eigenvalue weighted by Crippen LogP contribution is -2.44. The number of piperazine rings is 1. The van der Waals surface area contributed by atoms with Crippen LogP contribution in [-0.2, 0) is 30.8 Å². The number of hydrogen-bond acceptors (Lipinski definition) is 8. The van der Waals surface area contributed by atoms with Gasteiger partial charge in [0.1, 0.15) is 33.9 Å². The Morgan fingerprint density at radius 2 is 1.71 bits per heavy atom. The van der Waals surface area contributed by atoms with E-state index in [-0.39, 0.29) is 27.1 Å². The van der Waals surface area contributed by atoms with E-state index >= 15 is 8.78 Å². The van der Waals surface area contributed by atoms with Crippen LogP contribution < -0.4 is 14.4 Å². The second kappa shape index (κ2) is 14.4. The summed E-state index contributed by atoms with van der Waals surface area (Å²) in [4.78, 5) is 12.4. The number of halogens is 6. The Morgan fingerprint density at radius 3 is 2.35 bits per heavy atom. The van der Waals surface area contributed by atoms with Crippen molar-refractivity contribution in [3.05, 3.63) is 71.0 Å². The molecule has 1 N–H and O–H groups in total. The summed E-state index contributed by atoms with van der Waals surface area (Å²) in [5.41, 5.74) is -1.28. The van der Waals surface area contributed by atoms with Gasteiger partial charge in [-0.15, -0.1) is 0 Å². The minimum absolute atomic E-state index is 0.00858. The van der Waals surface area contributed by atoms with Gasteiger partial charge in [0.25, 0.3) is 5.95 Å². The second-order valence-corrected chi connectivity index (χ2v) is 13.5. The van der Waals surface area contributed by atoms with E-state index in [9.17, 15) is 17.7 Å². The lowest BCUT2D eigenvalue weighted by Gasteiger charge is -2.34. The third kappa shape index (κ3) is 7.80. The average molecular weight is 712 g/mol. The molecule has 9 nitrogen and oxygen atoms in total. The Morgan fingerprint density at radius 1 is 1.00 bits per heavy atom. The van der Waals surface area contributed by atoms with Crippen LogP contribution in [0.3, 0.4) is 0 Å². The highest BCUT2D eigenvalue weighted by atomic mass is 35.5. The zero-order valence-electron chi connectivity index (χ0n) is 26.7. The van der Waals surface area contributed by atoms with Crippen LogP contribution in [-0.4, -0.2) is 68.6 Å². The Hall–Kier alpha value is -3.66. The standard InChI is InChI=1S/C32H35ClF5N7O2S/c1-20(2)12-13-21-8-5-6-9-23(21)28-26(31(34,35)32(36,37)38)29(41-30(40-28)42-48(46)22-18-39-44(4)19-22)47-25-11-7-10-24(27(25)33)45-16-14-43(3)15-17-45/h5-11,18-20H,12-17H2,1-4H3,(H,40,41,42). The smallest absolute Gasteiger partial charge is 0.458 e. The highest BCUT2D eigenvalue weighted by Gasteiger charge is 2.62. The van der Waals surface area contributed by atoms with E-state index in [1.165, 1.54) is 35.3 Å². The lowest BCUT2D eigenvalue weighted by molar-refractivity contribution is -0.289. The van der Waals surface area contributed by atoms with Gasteiger partial charge in [0.15, 0.2) is 0 Å². The molecule has 1 aliphatic rings. The summed E-state index contributed by atoms with van der Waals surface area (Å²) in [7, 11) is 3.57. The molecule has 0 saturated carbocycles. The first kappa shape index (κ1) is 35.6. The van der Waals surface area contributed by atoms with Crippen molar-refractivity contribution in [2.75, 3.05) is 42.8 Å². The molecule has 0 spiro atoms. The summed E-state index contributed by atoms with van der Waals surface area (Å²) in [6.45, 7) is 6.62. The minimum Gasteiger partial charge on any atom is -0.588 e. The monoisotopic (exact) mass is 711 g/mol. The summed E-state index contributed by atoms with van der Waals surface area (Å²) in [5, 5.41) is 3.98. The molecule has 16 heteroatoms. The van der Waals surface area contributed by atoms with Gasteiger partial charge in [0.2, 0.25) is 10.8 Å². The first-order valence-corrected chi connectivity index (χ1v) is 16.7. The summed E-state index contributed by atoms with van der Waals surface area (Å²) in [6, 6.07) is 10.9. The van der Waals surface area contributed by atoms with Crippen molar-refractivity contribution in [3.8, 4) is 22.9 Å². The van der Waals surface area contributed by atoms with Crippen LogP contribution in [0.2, 0.25) is 5.02 Å². The minimum atomic E-state index is -6.05. The second-order valence-electron chi connectivity index (χ2n) is 11.9. The molecular weight excluding hydrogens is 677 g/mol. The van der Waals surface area contributed by atoms with Crippen LogP contribution in [0.25, 0.3) is 11.3 Å². The summed E-state index contributed by atoms with van der Waals surface area (Å²) in [6.07, 6.45) is -2.30. The molecule has 3 heterocycles. The Kier molecular flexibility index (Phi) is 10.7. The zero-order valence-corrected chi connectivity index (χ0v) is 28.3. The largest absolute Gasteiger partial charge is 0.588 e. The van der Waals surface area contributed by atoms with E-state index in [4.69, 9.17) is 16.3 Å². The molecule has 1 atom stereocenters. The van der Waals surface area contributed by atoms with E-state index < -0.39 is 46.5 Å². The van der Waals surface area contributed by atoms with E-state index in [0.717, 1.165) is 13.1 Å². The van der Waals surface area contributed by atoms with E-state index in [0.29, 0.717) is 37.2 Å². The van der Waals surface area contributed by atoms with Crippen molar-refractivity contribution in [3.63, 3.8) is 0 Å². The number of hydrogen-bond donors (Lipinski definition) is 1. The van der Waals surface area contributed by atoms with Crippen LogP contribution in [0.1, 0.15) is 31.4 Å². The molecule has 5 rings (SSSR count). The first-order chi connectivity index (χ1) is 22.7. The van der Waals surface area contributed by atoms with Gasteiger partial charge in [-0.05, 0) is 43.5 Å². The molecule has 1 fully saturated rings. The molecule has 48 heavy (non-hydrogen) atoms. The molecular formula is C32H35ClF5N7O2S. The maximum absolute atomic E-state index is 15.8. The summed E-state index contributed by atoms with van der Waals surface area (Å²) >= 11 is 4.67. The van der Waals surface area contributed by atoms with Crippen molar-refractivity contribution in [1.82, 2.24) is 24.6 Å². The van der Waals surface area contributed by atoms with Crippen LogP contribution >= 0.6 is 11.6 Å². The molecule has 0 bridgehead atoms. The predicted octanol–water partition coefficient (Wildman–Crippen LogP) is 7.45. The molecule has 1 unspecified atom stereocenters. The van der Waals surface area contributed by atoms with Crippen molar-refractivity contribution in [2.24, 2.45) is 13.0 Å². The molecule has 4 aromatic rings. The number of nitrogens with one attached hydrogen (secondary N) is 1. The van der Waals surface area contributed by atoms with Gasteiger partial charge in [0, 0.05) is 38.8 Å². The van der Waals surface area contributed by atoms with E-state index in [1.54, 1.807) is 31.3 Å². The average Bonchev–Trinajstić information content (AvgIpc) is 3.47. The normalized spacial score (nSPS) is 15.2. The number of aromatic nitrogens is 4. The van der Waals surface area contributed by atoms with Gasteiger partial charge < -0.3 is 19.1 Å². The van der Waals surface area contributed by atoms with Gasteiger partial charge in [-0.1, -0.05) is 55.8 Å². The van der Waals surface area contributed by atoms with Crippen LogP contribution in [0, 0.1) is 5.92 Å². The molecule has 0 radical (unpaired) electrons. The van der Waals surface area contributed by atoms with Gasteiger partial charge in [0.05, 0.1) is 17.6 Å². The maximum Gasteiger partial charge on any atom is 0.458 e. The molecule has 1 aliphatic heterocycles. The fourth-order valence-electron chi connectivity index (χ4n) is 5.20. The number of likely N-dealkylation sites (N-methyl/N-ethyl adjacent to an activating group) is 1. The SMILES string of the molecule is CC(C)CCc1ccccc1-c1nc(N[S+]([O-])c2cnn(C)c2)nc(Oc2cccc(N3CCN(C)CC3)c2Cl)c1C(F)(F)C(F)(F)F. The summed E-state index contributed by atoms with van der Waals surface area (Å²) < 4.78 is 97.3. The quantitative estimate of drug-likeness (QED) is 0.127. The first-order valence-electron chi connectivity index (χ1n) is 15.2. The van der Waals surface area contributed by atoms with Gasteiger partial charge in [-0.25, -0.2) is 4.98 Å². The number of anilines is 2. The third-order valence-corrected chi connectivity index (χ3v) is 9.27.